The zero-order chi connectivity index (χ0) is 13.2. The fourth-order valence-electron chi connectivity index (χ4n) is 4.72. The Kier molecular flexibility index (Phi) is 4.80. The summed E-state index contributed by atoms with van der Waals surface area (Å²) in [6, 6.07) is 0. The molecule has 0 aromatic carbocycles. The minimum Gasteiger partial charge on any atom is -0.130 e. The maximum Gasteiger partial charge on any atom is -0.00456 e. The van der Waals surface area contributed by atoms with Crippen molar-refractivity contribution < 1.29 is 0 Å². The number of rotatable bonds is 2. The molecule has 0 N–H and O–H groups in total. The van der Waals surface area contributed by atoms with Crippen molar-refractivity contribution in [3.05, 3.63) is 0 Å². The molecule has 0 nitrogen and oxygen atoms in total. The van der Waals surface area contributed by atoms with Crippen LogP contribution in [0.4, 0.5) is 0 Å². The molecule has 2 saturated carbocycles. The van der Waals surface area contributed by atoms with Gasteiger partial charge in [-0.2, -0.15) is 0 Å². The normalized spacial score (nSPS) is 25.3. The molecule has 0 aromatic heterocycles. The van der Waals surface area contributed by atoms with Crippen LogP contribution in [0.2, 0.25) is 0 Å². The summed E-state index contributed by atoms with van der Waals surface area (Å²) in [5.41, 5.74) is 0.432. The van der Waals surface area contributed by atoms with E-state index in [2.05, 4.69) is 30.0 Å². The fourth-order valence-corrected chi connectivity index (χ4v) is 5.39. The van der Waals surface area contributed by atoms with E-state index in [1.165, 1.54) is 64.2 Å². The van der Waals surface area contributed by atoms with Crippen molar-refractivity contribution in [1.82, 2.24) is 0 Å². The van der Waals surface area contributed by atoms with Gasteiger partial charge in [-0.25, -0.2) is 0 Å². The minimum absolute atomic E-state index is 0.432. The third-order valence-corrected chi connectivity index (χ3v) is 7.67. The Morgan fingerprint density at radius 2 is 1.00 bits per heavy atom. The molecule has 0 aliphatic heterocycles. The van der Waals surface area contributed by atoms with Crippen molar-refractivity contribution in [1.29, 1.82) is 0 Å². The lowest BCUT2D eigenvalue weighted by molar-refractivity contribution is 0.0805. The fraction of sp³-hybridized carbons (Fsp3) is 1.00. The summed E-state index contributed by atoms with van der Waals surface area (Å²) in [5, 5.41) is 0.494. The lowest BCUT2D eigenvalue weighted by Crippen LogP contribution is -2.51. The van der Waals surface area contributed by atoms with E-state index in [0.29, 0.717) is 10.6 Å². The monoisotopic (exact) mass is 268 g/mol. The Bertz CT molecular complexity index is 233. The first kappa shape index (κ1) is 14.8. The molecule has 0 amide bonds. The van der Waals surface area contributed by atoms with E-state index < -0.39 is 0 Å². The summed E-state index contributed by atoms with van der Waals surface area (Å²) < 4.78 is 0. The molecular weight excluding hydrogens is 235 g/mol. The Morgan fingerprint density at radius 3 is 1.28 bits per heavy atom. The molecule has 18 heavy (non-hydrogen) atoms. The van der Waals surface area contributed by atoms with Crippen LogP contribution in [0.3, 0.4) is 0 Å². The van der Waals surface area contributed by atoms with Crippen LogP contribution in [0.1, 0.15) is 85.0 Å². The average Bonchev–Trinajstić information content (AvgIpc) is 2.38. The minimum atomic E-state index is 0.432. The average molecular weight is 268 g/mol. The van der Waals surface area contributed by atoms with Gasteiger partial charge in [-0.15, -0.1) is 9.24 Å². The topological polar surface area (TPSA) is 0 Å². The second kappa shape index (κ2) is 5.82. The molecule has 106 valence electrons. The van der Waals surface area contributed by atoms with E-state index in [1.807, 2.05) is 0 Å². The highest BCUT2D eigenvalue weighted by molar-refractivity contribution is 7.19. The first-order chi connectivity index (χ1) is 8.46. The van der Waals surface area contributed by atoms with Gasteiger partial charge in [0.05, 0.1) is 0 Å². The van der Waals surface area contributed by atoms with Gasteiger partial charge in [-0.1, -0.05) is 59.3 Å². The second-order valence-electron chi connectivity index (χ2n) is 7.85. The zero-order valence-corrected chi connectivity index (χ0v) is 14.0. The molecule has 2 fully saturated rings. The predicted octanol–water partition coefficient (Wildman–Crippen LogP) is 5.81. The first-order valence-corrected chi connectivity index (χ1v) is 8.83. The predicted molar refractivity (Wildman–Crippen MR) is 85.0 cm³/mol. The van der Waals surface area contributed by atoms with E-state index in [-0.39, 0.29) is 0 Å². The molecule has 0 heterocycles. The van der Waals surface area contributed by atoms with Gasteiger partial charge in [0, 0.05) is 0 Å². The lowest BCUT2D eigenvalue weighted by atomic mass is 9.59. The van der Waals surface area contributed by atoms with Gasteiger partial charge >= 0.3 is 0 Å². The third-order valence-electron chi connectivity index (χ3n) is 5.86. The smallest absolute Gasteiger partial charge is 0.00456 e. The molecule has 2 aliphatic carbocycles. The quantitative estimate of drug-likeness (QED) is 0.555. The van der Waals surface area contributed by atoms with Crippen molar-refractivity contribution in [3.8, 4) is 0 Å². The maximum atomic E-state index is 3.40. The van der Waals surface area contributed by atoms with Crippen molar-refractivity contribution in [3.63, 3.8) is 0 Å². The van der Waals surface area contributed by atoms with Crippen LogP contribution >= 0.6 is 9.24 Å². The highest BCUT2D eigenvalue weighted by Crippen LogP contribution is 2.56. The second-order valence-corrected chi connectivity index (χ2v) is 8.81. The molecule has 0 bridgehead atoms. The molecule has 1 atom stereocenters. The molecule has 0 aromatic rings. The van der Waals surface area contributed by atoms with E-state index in [9.17, 15) is 0 Å². The maximum absolute atomic E-state index is 3.40. The van der Waals surface area contributed by atoms with Crippen molar-refractivity contribution >= 4 is 9.24 Å². The summed E-state index contributed by atoms with van der Waals surface area (Å²) in [5.74, 6) is 1.92. The van der Waals surface area contributed by atoms with Gasteiger partial charge < -0.3 is 0 Å². The highest BCUT2D eigenvalue weighted by Gasteiger charge is 2.49. The summed E-state index contributed by atoms with van der Waals surface area (Å²) in [7, 11) is 3.40. The molecule has 1 unspecified atom stereocenters. The van der Waals surface area contributed by atoms with E-state index in [4.69, 9.17) is 0 Å². The van der Waals surface area contributed by atoms with Gasteiger partial charge in [-0.05, 0) is 48.1 Å². The molecule has 2 rings (SSSR count). The van der Waals surface area contributed by atoms with E-state index in [1.54, 1.807) is 0 Å². The highest BCUT2D eigenvalue weighted by atomic mass is 31.0. The zero-order valence-electron chi connectivity index (χ0n) is 12.8. The van der Waals surface area contributed by atoms with E-state index in [0.717, 1.165) is 11.8 Å². The summed E-state index contributed by atoms with van der Waals surface area (Å²) >= 11 is 0. The van der Waals surface area contributed by atoms with Crippen LogP contribution in [0.25, 0.3) is 0 Å². The lowest BCUT2D eigenvalue weighted by Gasteiger charge is -2.54. The van der Waals surface area contributed by atoms with Crippen molar-refractivity contribution in [2.75, 3.05) is 0 Å². The molecule has 0 spiro atoms. The first-order valence-electron chi connectivity index (χ1n) is 8.25. The molecule has 2 aliphatic rings. The summed E-state index contributed by atoms with van der Waals surface area (Å²) in [6.07, 6.45) is 14.8. The van der Waals surface area contributed by atoms with Crippen molar-refractivity contribution in [2.45, 2.75) is 90.1 Å². The number of hydrogen-bond acceptors (Lipinski definition) is 0. The van der Waals surface area contributed by atoms with Crippen molar-refractivity contribution in [2.24, 2.45) is 17.3 Å². The molecule has 1 heteroatoms. The number of hydrogen-bond donors (Lipinski definition) is 0. The van der Waals surface area contributed by atoms with E-state index >= 15 is 0 Å². The Hall–Kier alpha value is 0.430. The van der Waals surface area contributed by atoms with Crippen LogP contribution in [0.5, 0.6) is 0 Å². The molecule has 0 saturated heterocycles. The van der Waals surface area contributed by atoms with Gasteiger partial charge in [0.1, 0.15) is 0 Å². The van der Waals surface area contributed by atoms with Crippen LogP contribution in [0, 0.1) is 17.3 Å². The Morgan fingerprint density at radius 1 is 0.667 bits per heavy atom. The van der Waals surface area contributed by atoms with Gasteiger partial charge in [0.25, 0.3) is 0 Å². The van der Waals surface area contributed by atoms with Crippen LogP contribution in [-0.4, -0.2) is 5.16 Å². The Labute approximate surface area is 117 Å². The largest absolute Gasteiger partial charge is 0.130 e. The van der Waals surface area contributed by atoms with Crippen LogP contribution in [0.15, 0.2) is 0 Å². The Balaban J connectivity index is 2.21. The van der Waals surface area contributed by atoms with Crippen LogP contribution < -0.4 is 0 Å². The van der Waals surface area contributed by atoms with Gasteiger partial charge in [0.15, 0.2) is 0 Å². The van der Waals surface area contributed by atoms with Gasteiger partial charge in [-0.3, -0.25) is 0 Å². The van der Waals surface area contributed by atoms with Gasteiger partial charge in [0.2, 0.25) is 0 Å². The molecule has 0 radical (unpaired) electrons. The third kappa shape index (κ3) is 2.79. The van der Waals surface area contributed by atoms with Crippen LogP contribution in [-0.2, 0) is 0 Å². The SMILES string of the molecule is CC(C)(C)C(P)(C1CCCCC1)C1CCCCC1. The summed E-state index contributed by atoms with van der Waals surface area (Å²) in [6.45, 7) is 7.47. The summed E-state index contributed by atoms with van der Waals surface area (Å²) in [4.78, 5) is 0. The standard InChI is InChI=1S/C17H33P/c1-16(2,3)17(18,14-10-6-4-7-11-14)15-12-8-5-9-13-15/h14-15H,4-13,18H2,1-3H3. The molecular formula is C17H33P.